The second-order valence-corrected chi connectivity index (χ2v) is 8.55. The van der Waals surface area contributed by atoms with E-state index in [1.807, 2.05) is 6.07 Å². The van der Waals surface area contributed by atoms with Crippen molar-refractivity contribution < 1.29 is 27.1 Å². The van der Waals surface area contributed by atoms with Gasteiger partial charge in [-0.1, -0.05) is 0 Å². The minimum absolute atomic E-state index is 0.0971. The highest BCUT2D eigenvalue weighted by Crippen LogP contribution is 2.33. The molecule has 38 heavy (non-hydrogen) atoms. The molecule has 0 spiro atoms. The fraction of sp³-hybridized carbons (Fsp3) is 0.250. The molecule has 198 valence electrons. The van der Waals surface area contributed by atoms with E-state index in [2.05, 4.69) is 30.6 Å². The number of benzene rings is 1. The molecule has 0 radical (unpaired) electrons. The number of amides is 2. The SMILES string of the molecule is Nc1ncnn2c(CN3CCOCC3)cc(-c3ccc(NC(=O)Nc4cc(C(F)(F)F)ccc4F)nc3)c12. The zero-order valence-corrected chi connectivity index (χ0v) is 19.8. The van der Waals surface area contributed by atoms with Crippen molar-refractivity contribution in [1.29, 1.82) is 0 Å². The summed E-state index contributed by atoms with van der Waals surface area (Å²) in [5, 5.41) is 8.82. The summed E-state index contributed by atoms with van der Waals surface area (Å²) in [5.41, 5.74) is 7.38. The number of nitrogens with two attached hydrogens (primary N) is 1. The van der Waals surface area contributed by atoms with Gasteiger partial charge in [-0.2, -0.15) is 18.3 Å². The van der Waals surface area contributed by atoms with Crippen LogP contribution in [0.1, 0.15) is 11.3 Å². The molecular weight excluding hydrogens is 508 g/mol. The molecule has 0 aliphatic carbocycles. The highest BCUT2D eigenvalue weighted by molar-refractivity contribution is 5.99. The van der Waals surface area contributed by atoms with Gasteiger partial charge < -0.3 is 15.8 Å². The number of carbonyl (C=O) groups excluding carboxylic acids is 1. The first-order chi connectivity index (χ1) is 18.2. The summed E-state index contributed by atoms with van der Waals surface area (Å²) in [6.45, 7) is 3.51. The van der Waals surface area contributed by atoms with E-state index in [4.69, 9.17) is 10.5 Å². The van der Waals surface area contributed by atoms with Crippen LogP contribution in [0.4, 0.5) is 39.7 Å². The van der Waals surface area contributed by atoms with Crippen molar-refractivity contribution in [2.75, 3.05) is 42.7 Å². The standard InChI is InChI=1S/C24H22F4N8O2/c25-18-3-2-15(24(26,27)28)9-19(18)33-23(37)34-20-4-1-14(11-30-20)17-10-16(12-35-5-7-38-8-6-35)36-21(17)22(29)31-13-32-36/h1-4,9-11,13H,5-8,12H2,(H2,29,31,32)(H2,30,33,34,37). The van der Waals surface area contributed by atoms with Crippen molar-refractivity contribution in [2.45, 2.75) is 12.7 Å². The number of urea groups is 1. The lowest BCUT2D eigenvalue weighted by Crippen LogP contribution is -2.36. The Labute approximate surface area is 213 Å². The maximum atomic E-state index is 14.0. The van der Waals surface area contributed by atoms with Crippen LogP contribution in [0.3, 0.4) is 0 Å². The maximum Gasteiger partial charge on any atom is 0.416 e. The van der Waals surface area contributed by atoms with E-state index in [1.54, 1.807) is 10.6 Å². The topological polar surface area (TPSA) is 123 Å². The minimum atomic E-state index is -4.68. The smallest absolute Gasteiger partial charge is 0.382 e. The van der Waals surface area contributed by atoms with Gasteiger partial charge in [0.1, 0.15) is 23.5 Å². The van der Waals surface area contributed by atoms with Crippen LogP contribution < -0.4 is 16.4 Å². The number of pyridine rings is 1. The van der Waals surface area contributed by atoms with E-state index < -0.39 is 29.3 Å². The molecule has 2 amide bonds. The number of nitrogens with one attached hydrogen (secondary N) is 2. The van der Waals surface area contributed by atoms with Crippen molar-refractivity contribution in [3.8, 4) is 11.1 Å². The maximum absolute atomic E-state index is 14.0. The molecule has 3 aromatic heterocycles. The number of rotatable bonds is 5. The zero-order valence-electron chi connectivity index (χ0n) is 19.8. The summed E-state index contributed by atoms with van der Waals surface area (Å²) in [6.07, 6.45) is -1.80. The number of hydrogen-bond donors (Lipinski definition) is 3. The molecule has 0 unspecified atom stereocenters. The number of carbonyl (C=O) groups is 1. The van der Waals surface area contributed by atoms with Gasteiger partial charge in [0.15, 0.2) is 5.82 Å². The summed E-state index contributed by atoms with van der Waals surface area (Å²) < 4.78 is 59.9. The van der Waals surface area contributed by atoms with Crippen molar-refractivity contribution in [3.05, 3.63) is 66.0 Å². The molecule has 1 saturated heterocycles. The van der Waals surface area contributed by atoms with Crippen LogP contribution in [-0.4, -0.2) is 56.8 Å². The molecule has 1 aliphatic rings. The molecule has 14 heteroatoms. The summed E-state index contributed by atoms with van der Waals surface area (Å²) in [4.78, 5) is 22.9. The number of ether oxygens (including phenoxy) is 1. The van der Waals surface area contributed by atoms with Gasteiger partial charge in [0.2, 0.25) is 0 Å². The molecule has 5 rings (SSSR count). The predicted molar refractivity (Wildman–Crippen MR) is 131 cm³/mol. The van der Waals surface area contributed by atoms with Gasteiger partial charge in [0.25, 0.3) is 0 Å². The lowest BCUT2D eigenvalue weighted by Gasteiger charge is -2.26. The Morgan fingerprint density at radius 1 is 1.08 bits per heavy atom. The first-order valence-corrected chi connectivity index (χ1v) is 11.5. The largest absolute Gasteiger partial charge is 0.416 e. The zero-order chi connectivity index (χ0) is 26.9. The molecule has 1 aromatic carbocycles. The first kappa shape index (κ1) is 25.4. The van der Waals surface area contributed by atoms with Crippen LogP contribution in [-0.2, 0) is 17.5 Å². The van der Waals surface area contributed by atoms with E-state index in [0.717, 1.165) is 24.3 Å². The molecule has 1 fully saturated rings. The van der Waals surface area contributed by atoms with Gasteiger partial charge in [0, 0.05) is 37.0 Å². The highest BCUT2D eigenvalue weighted by Gasteiger charge is 2.31. The quantitative estimate of drug-likeness (QED) is 0.333. The fourth-order valence-electron chi connectivity index (χ4n) is 4.15. The second-order valence-electron chi connectivity index (χ2n) is 8.55. The normalized spacial score (nSPS) is 14.5. The number of alkyl halides is 3. The van der Waals surface area contributed by atoms with E-state index in [9.17, 15) is 22.4 Å². The predicted octanol–water partition coefficient (Wildman–Crippen LogP) is 4.01. The van der Waals surface area contributed by atoms with Gasteiger partial charge in [-0.05, 0) is 36.4 Å². The lowest BCUT2D eigenvalue weighted by molar-refractivity contribution is -0.137. The molecule has 4 heterocycles. The summed E-state index contributed by atoms with van der Waals surface area (Å²) in [5.74, 6) is -0.627. The third-order valence-electron chi connectivity index (χ3n) is 6.00. The monoisotopic (exact) mass is 530 g/mol. The Morgan fingerprint density at radius 2 is 1.87 bits per heavy atom. The second kappa shape index (κ2) is 10.2. The number of halogens is 4. The van der Waals surface area contributed by atoms with Gasteiger partial charge in [-0.15, -0.1) is 0 Å². The van der Waals surface area contributed by atoms with Crippen LogP contribution in [0.2, 0.25) is 0 Å². The van der Waals surface area contributed by atoms with Crippen LogP contribution in [0.15, 0.2) is 48.9 Å². The van der Waals surface area contributed by atoms with E-state index in [1.165, 1.54) is 18.6 Å². The molecule has 0 bridgehead atoms. The Hall–Kier alpha value is -4.30. The van der Waals surface area contributed by atoms with Gasteiger partial charge >= 0.3 is 12.2 Å². The van der Waals surface area contributed by atoms with Crippen molar-refractivity contribution in [3.63, 3.8) is 0 Å². The number of aromatic nitrogens is 4. The Balaban J connectivity index is 1.34. The van der Waals surface area contributed by atoms with Gasteiger partial charge in [-0.3, -0.25) is 10.2 Å². The van der Waals surface area contributed by atoms with E-state index in [0.29, 0.717) is 49.0 Å². The third kappa shape index (κ3) is 5.35. The van der Waals surface area contributed by atoms with Gasteiger partial charge in [0.05, 0.1) is 30.2 Å². The third-order valence-corrected chi connectivity index (χ3v) is 6.00. The number of nitrogen functional groups attached to an aromatic ring is 1. The van der Waals surface area contributed by atoms with Crippen molar-refractivity contribution in [1.82, 2.24) is 24.5 Å². The first-order valence-electron chi connectivity index (χ1n) is 11.5. The number of fused-ring (bicyclic) bond motifs is 1. The van der Waals surface area contributed by atoms with E-state index >= 15 is 0 Å². The lowest BCUT2D eigenvalue weighted by atomic mass is 10.1. The number of morpholine rings is 1. The van der Waals surface area contributed by atoms with Crippen molar-refractivity contribution in [2.24, 2.45) is 0 Å². The Bertz CT molecular complexity index is 1470. The molecule has 4 N–H and O–H groups in total. The van der Waals surface area contributed by atoms with Crippen LogP contribution in [0, 0.1) is 5.82 Å². The average molecular weight is 530 g/mol. The van der Waals surface area contributed by atoms with Crippen LogP contribution in [0.5, 0.6) is 0 Å². The number of nitrogens with zero attached hydrogens (tertiary/aromatic N) is 5. The summed E-state index contributed by atoms with van der Waals surface area (Å²) in [7, 11) is 0. The highest BCUT2D eigenvalue weighted by atomic mass is 19.4. The Morgan fingerprint density at radius 3 is 2.58 bits per heavy atom. The molecule has 4 aromatic rings. The fourth-order valence-corrected chi connectivity index (χ4v) is 4.15. The minimum Gasteiger partial charge on any atom is -0.382 e. The number of anilines is 3. The van der Waals surface area contributed by atoms with Crippen LogP contribution in [0.25, 0.3) is 16.6 Å². The summed E-state index contributed by atoms with van der Waals surface area (Å²) >= 11 is 0. The average Bonchev–Trinajstić information content (AvgIpc) is 3.25. The van der Waals surface area contributed by atoms with E-state index in [-0.39, 0.29) is 11.6 Å². The number of hydrogen-bond acceptors (Lipinski definition) is 7. The molecule has 10 nitrogen and oxygen atoms in total. The van der Waals surface area contributed by atoms with Gasteiger partial charge in [-0.25, -0.2) is 23.7 Å². The Kier molecular flexibility index (Phi) is 6.82. The molecular formula is C24H22F4N8O2. The van der Waals surface area contributed by atoms with Crippen molar-refractivity contribution >= 4 is 28.9 Å². The van der Waals surface area contributed by atoms with Crippen LogP contribution >= 0.6 is 0 Å². The molecule has 0 atom stereocenters. The molecule has 0 saturated carbocycles. The molecule has 1 aliphatic heterocycles. The summed E-state index contributed by atoms with van der Waals surface area (Å²) in [6, 6.07) is 5.93.